The van der Waals surface area contributed by atoms with Gasteiger partial charge in [-0.15, -0.1) is 0 Å². The summed E-state index contributed by atoms with van der Waals surface area (Å²) in [7, 11) is -3.33. The molecule has 0 amide bonds. The molecule has 0 saturated carbocycles. The van der Waals surface area contributed by atoms with E-state index in [4.69, 9.17) is 5.11 Å². The van der Waals surface area contributed by atoms with Gasteiger partial charge in [0.2, 0.25) is 5.82 Å². The minimum absolute atomic E-state index is 0.0460. The average Bonchev–Trinajstić information content (AvgIpc) is 2.35. The molecule has 0 heterocycles. The lowest BCUT2D eigenvalue weighted by Gasteiger charge is -2.06. The Bertz CT molecular complexity index is 722. The molecule has 0 unspecified atom stereocenters. The standard InChI is InChI=1S/C13H10F2O3S/c1-19(17,18)9-4-2-8(3-5-9)10-6-7-11(16)13(15)12(10)14/h2-7,16H,1H3. The number of benzene rings is 2. The number of hydrogen-bond donors (Lipinski definition) is 1. The van der Waals surface area contributed by atoms with Crippen molar-refractivity contribution in [2.45, 2.75) is 4.90 Å². The molecule has 6 heteroatoms. The van der Waals surface area contributed by atoms with Crippen LogP contribution in [0.25, 0.3) is 11.1 Å². The van der Waals surface area contributed by atoms with Crippen LogP contribution in [0.3, 0.4) is 0 Å². The summed E-state index contributed by atoms with van der Waals surface area (Å²) in [5, 5.41) is 9.03. The summed E-state index contributed by atoms with van der Waals surface area (Å²) in [6, 6.07) is 7.65. The molecule has 3 nitrogen and oxygen atoms in total. The lowest BCUT2D eigenvalue weighted by molar-refractivity contribution is 0.408. The molecular formula is C13H10F2O3S. The first-order valence-electron chi connectivity index (χ1n) is 5.28. The van der Waals surface area contributed by atoms with E-state index >= 15 is 0 Å². The van der Waals surface area contributed by atoms with Crippen LogP contribution in [0.2, 0.25) is 0 Å². The van der Waals surface area contributed by atoms with E-state index in [0.29, 0.717) is 5.56 Å². The highest BCUT2D eigenvalue weighted by atomic mass is 32.2. The van der Waals surface area contributed by atoms with Crippen molar-refractivity contribution in [2.24, 2.45) is 0 Å². The predicted molar refractivity (Wildman–Crippen MR) is 66.6 cm³/mol. The first-order valence-corrected chi connectivity index (χ1v) is 7.17. The topological polar surface area (TPSA) is 54.4 Å². The molecule has 2 aromatic carbocycles. The highest BCUT2D eigenvalue weighted by molar-refractivity contribution is 7.90. The van der Waals surface area contributed by atoms with Crippen molar-refractivity contribution >= 4 is 9.84 Å². The summed E-state index contributed by atoms with van der Waals surface area (Å²) < 4.78 is 49.4. The Balaban J connectivity index is 2.52. The fraction of sp³-hybridized carbons (Fsp3) is 0.0769. The summed E-state index contributed by atoms with van der Waals surface area (Å²) in [6.07, 6.45) is 1.06. The number of rotatable bonds is 2. The molecule has 0 aromatic heterocycles. The first kappa shape index (κ1) is 13.5. The summed E-state index contributed by atoms with van der Waals surface area (Å²) in [5.74, 6) is -3.27. The van der Waals surface area contributed by atoms with E-state index in [1.807, 2.05) is 0 Å². The van der Waals surface area contributed by atoms with Gasteiger partial charge in [0.15, 0.2) is 21.4 Å². The van der Waals surface area contributed by atoms with Gasteiger partial charge in [0.05, 0.1) is 4.90 Å². The Labute approximate surface area is 109 Å². The van der Waals surface area contributed by atoms with E-state index in [2.05, 4.69) is 0 Å². The van der Waals surface area contributed by atoms with Gasteiger partial charge in [0.25, 0.3) is 0 Å². The largest absolute Gasteiger partial charge is 0.505 e. The summed E-state index contributed by atoms with van der Waals surface area (Å²) in [4.78, 5) is 0.0934. The molecule has 0 radical (unpaired) electrons. The second kappa shape index (κ2) is 4.62. The van der Waals surface area contributed by atoms with Crippen LogP contribution in [0, 0.1) is 11.6 Å². The van der Waals surface area contributed by atoms with Gasteiger partial charge in [0.1, 0.15) is 0 Å². The highest BCUT2D eigenvalue weighted by Gasteiger charge is 2.14. The van der Waals surface area contributed by atoms with Gasteiger partial charge in [-0.1, -0.05) is 12.1 Å². The predicted octanol–water partition coefficient (Wildman–Crippen LogP) is 2.74. The summed E-state index contributed by atoms with van der Waals surface area (Å²) in [5.41, 5.74) is 0.277. The van der Waals surface area contributed by atoms with Gasteiger partial charge in [-0.05, 0) is 29.8 Å². The number of phenolic OH excluding ortho intramolecular Hbond substituents is 1. The monoisotopic (exact) mass is 284 g/mol. The number of halogens is 2. The van der Waals surface area contributed by atoms with E-state index in [9.17, 15) is 17.2 Å². The normalized spacial score (nSPS) is 11.5. The summed E-state index contributed by atoms with van der Waals surface area (Å²) in [6.45, 7) is 0. The van der Waals surface area contributed by atoms with Crippen molar-refractivity contribution in [3.05, 3.63) is 48.0 Å². The Hall–Kier alpha value is -1.95. The quantitative estimate of drug-likeness (QED) is 0.922. The number of aromatic hydroxyl groups is 1. The van der Waals surface area contributed by atoms with Crippen LogP contribution in [0.1, 0.15) is 0 Å². The molecule has 100 valence electrons. The third kappa shape index (κ3) is 2.58. The van der Waals surface area contributed by atoms with Crippen LogP contribution in [-0.4, -0.2) is 19.8 Å². The molecule has 0 bridgehead atoms. The maximum absolute atomic E-state index is 13.6. The van der Waals surface area contributed by atoms with Crippen molar-refractivity contribution in [1.29, 1.82) is 0 Å². The van der Waals surface area contributed by atoms with E-state index in [1.54, 1.807) is 0 Å². The van der Waals surface area contributed by atoms with E-state index in [1.165, 1.54) is 30.3 Å². The molecule has 0 aliphatic carbocycles. The first-order chi connectivity index (χ1) is 8.80. The van der Waals surface area contributed by atoms with Crippen molar-refractivity contribution in [1.82, 2.24) is 0 Å². The Morgan fingerprint density at radius 1 is 0.947 bits per heavy atom. The Kier molecular flexibility index (Phi) is 3.28. The minimum atomic E-state index is -3.33. The molecule has 0 aliphatic rings. The molecule has 2 aromatic rings. The molecule has 2 rings (SSSR count). The number of hydrogen-bond acceptors (Lipinski definition) is 3. The van der Waals surface area contributed by atoms with Crippen LogP contribution < -0.4 is 0 Å². The van der Waals surface area contributed by atoms with Crippen LogP contribution >= 0.6 is 0 Å². The van der Waals surface area contributed by atoms with Crippen LogP contribution in [0.15, 0.2) is 41.3 Å². The molecule has 19 heavy (non-hydrogen) atoms. The maximum Gasteiger partial charge on any atom is 0.200 e. The zero-order chi connectivity index (χ0) is 14.2. The van der Waals surface area contributed by atoms with Gasteiger partial charge in [-0.3, -0.25) is 0 Å². The van der Waals surface area contributed by atoms with Crippen molar-refractivity contribution in [3.8, 4) is 16.9 Å². The van der Waals surface area contributed by atoms with Crippen LogP contribution in [0.4, 0.5) is 8.78 Å². The molecule has 0 atom stereocenters. The fourth-order valence-electron chi connectivity index (χ4n) is 1.64. The van der Waals surface area contributed by atoms with Gasteiger partial charge < -0.3 is 5.11 Å². The minimum Gasteiger partial charge on any atom is -0.505 e. The van der Waals surface area contributed by atoms with Crippen LogP contribution in [0.5, 0.6) is 5.75 Å². The van der Waals surface area contributed by atoms with Crippen molar-refractivity contribution in [2.75, 3.05) is 6.26 Å². The molecule has 0 fully saturated rings. The number of phenols is 1. The van der Waals surface area contributed by atoms with Gasteiger partial charge in [0, 0.05) is 11.8 Å². The lowest BCUT2D eigenvalue weighted by atomic mass is 10.0. The third-order valence-electron chi connectivity index (χ3n) is 2.66. The SMILES string of the molecule is CS(=O)(=O)c1ccc(-c2ccc(O)c(F)c2F)cc1. The molecular weight excluding hydrogens is 274 g/mol. The second-order valence-corrected chi connectivity index (χ2v) is 6.07. The van der Waals surface area contributed by atoms with Crippen molar-refractivity contribution in [3.63, 3.8) is 0 Å². The summed E-state index contributed by atoms with van der Waals surface area (Å²) >= 11 is 0. The maximum atomic E-state index is 13.6. The Morgan fingerprint density at radius 2 is 1.53 bits per heavy atom. The van der Waals surface area contributed by atoms with Gasteiger partial charge >= 0.3 is 0 Å². The molecule has 0 spiro atoms. The fourth-order valence-corrected chi connectivity index (χ4v) is 2.27. The van der Waals surface area contributed by atoms with E-state index in [0.717, 1.165) is 12.3 Å². The second-order valence-electron chi connectivity index (χ2n) is 4.06. The average molecular weight is 284 g/mol. The third-order valence-corrected chi connectivity index (χ3v) is 3.78. The molecule has 1 N–H and O–H groups in total. The number of sulfone groups is 1. The lowest BCUT2D eigenvalue weighted by Crippen LogP contribution is -1.97. The molecule has 0 saturated heterocycles. The van der Waals surface area contributed by atoms with Gasteiger partial charge in [-0.2, -0.15) is 4.39 Å². The van der Waals surface area contributed by atoms with Crippen molar-refractivity contribution < 1.29 is 22.3 Å². The van der Waals surface area contributed by atoms with Crippen LogP contribution in [-0.2, 0) is 9.84 Å². The highest BCUT2D eigenvalue weighted by Crippen LogP contribution is 2.29. The smallest absolute Gasteiger partial charge is 0.200 e. The van der Waals surface area contributed by atoms with Gasteiger partial charge in [-0.25, -0.2) is 12.8 Å². The zero-order valence-corrected chi connectivity index (χ0v) is 10.7. The zero-order valence-electron chi connectivity index (χ0n) is 9.89. The molecule has 0 aliphatic heterocycles. The van der Waals surface area contributed by atoms with E-state index < -0.39 is 27.2 Å². The van der Waals surface area contributed by atoms with E-state index in [-0.39, 0.29) is 10.5 Å². The Morgan fingerprint density at radius 3 is 2.05 bits per heavy atom.